The summed E-state index contributed by atoms with van der Waals surface area (Å²) in [5, 5.41) is 9.05. The van der Waals surface area contributed by atoms with Crippen molar-refractivity contribution in [1.82, 2.24) is 0 Å². The summed E-state index contributed by atoms with van der Waals surface area (Å²) < 4.78 is 5.79. The Kier molecular flexibility index (Phi) is 2.98. The molecule has 104 valence electrons. The monoisotopic (exact) mass is 272 g/mol. The van der Waals surface area contributed by atoms with Gasteiger partial charge in [0.15, 0.2) is 11.9 Å². The van der Waals surface area contributed by atoms with E-state index in [-0.39, 0.29) is 5.92 Å². The number of carbonyl (C=O) groups is 2. The van der Waals surface area contributed by atoms with Gasteiger partial charge in [0.2, 0.25) is 0 Å². The number of hydrogen-bond acceptors (Lipinski definition) is 3. The SMILES string of the molecule is CC(C(=O)O)C1CC2=C1C2(C=O)OCc1ccccc1. The summed E-state index contributed by atoms with van der Waals surface area (Å²) in [5.74, 6) is -1.34. The van der Waals surface area contributed by atoms with Crippen LogP contribution in [0.15, 0.2) is 41.5 Å². The third kappa shape index (κ3) is 1.79. The van der Waals surface area contributed by atoms with E-state index in [0.29, 0.717) is 13.0 Å². The molecule has 0 saturated carbocycles. The maximum atomic E-state index is 11.4. The van der Waals surface area contributed by atoms with Crippen LogP contribution in [0.5, 0.6) is 0 Å². The van der Waals surface area contributed by atoms with Crippen LogP contribution in [0.25, 0.3) is 0 Å². The molecule has 0 bridgehead atoms. The van der Waals surface area contributed by atoms with E-state index in [0.717, 1.165) is 23.0 Å². The van der Waals surface area contributed by atoms with Gasteiger partial charge in [0.05, 0.1) is 12.5 Å². The summed E-state index contributed by atoms with van der Waals surface area (Å²) in [6.07, 6.45) is 1.48. The third-order valence-corrected chi connectivity index (χ3v) is 4.37. The van der Waals surface area contributed by atoms with Crippen LogP contribution >= 0.6 is 0 Å². The zero-order valence-electron chi connectivity index (χ0n) is 11.2. The van der Waals surface area contributed by atoms with Crippen LogP contribution in [0.2, 0.25) is 0 Å². The first-order chi connectivity index (χ1) is 9.60. The van der Waals surface area contributed by atoms with Gasteiger partial charge in [0.1, 0.15) is 0 Å². The molecule has 2 aliphatic carbocycles. The number of rotatable bonds is 6. The zero-order chi connectivity index (χ0) is 14.3. The molecule has 4 heteroatoms. The van der Waals surface area contributed by atoms with E-state index < -0.39 is 17.5 Å². The summed E-state index contributed by atoms with van der Waals surface area (Å²) >= 11 is 0. The van der Waals surface area contributed by atoms with Gasteiger partial charge in [-0.25, -0.2) is 0 Å². The first kappa shape index (κ1) is 13.1. The lowest BCUT2D eigenvalue weighted by atomic mass is 9.83. The van der Waals surface area contributed by atoms with Crippen molar-refractivity contribution < 1.29 is 19.4 Å². The average molecular weight is 272 g/mol. The molecule has 4 nitrogen and oxygen atoms in total. The molecular weight excluding hydrogens is 256 g/mol. The maximum absolute atomic E-state index is 11.4. The molecule has 0 saturated heterocycles. The molecule has 0 aliphatic heterocycles. The molecule has 3 atom stereocenters. The number of carbonyl (C=O) groups excluding carboxylic acids is 1. The fraction of sp³-hybridized carbons (Fsp3) is 0.375. The predicted molar refractivity (Wildman–Crippen MR) is 72.0 cm³/mol. The lowest BCUT2D eigenvalue weighted by molar-refractivity contribution is -0.142. The Morgan fingerprint density at radius 1 is 1.50 bits per heavy atom. The van der Waals surface area contributed by atoms with Crippen molar-refractivity contribution in [2.24, 2.45) is 11.8 Å². The Morgan fingerprint density at radius 2 is 2.20 bits per heavy atom. The number of ether oxygens (including phenoxy) is 1. The van der Waals surface area contributed by atoms with Crippen LogP contribution in [-0.4, -0.2) is 23.0 Å². The molecule has 0 heterocycles. The minimum Gasteiger partial charge on any atom is -0.481 e. The Labute approximate surface area is 117 Å². The van der Waals surface area contributed by atoms with Crippen molar-refractivity contribution in [3.8, 4) is 0 Å². The van der Waals surface area contributed by atoms with Gasteiger partial charge in [-0.2, -0.15) is 0 Å². The van der Waals surface area contributed by atoms with Crippen molar-refractivity contribution in [3.05, 3.63) is 47.0 Å². The fourth-order valence-corrected chi connectivity index (χ4v) is 3.01. The van der Waals surface area contributed by atoms with Gasteiger partial charge >= 0.3 is 5.97 Å². The van der Waals surface area contributed by atoms with Gasteiger partial charge in [-0.1, -0.05) is 37.3 Å². The van der Waals surface area contributed by atoms with E-state index in [4.69, 9.17) is 9.84 Å². The van der Waals surface area contributed by atoms with Gasteiger partial charge < -0.3 is 9.84 Å². The van der Waals surface area contributed by atoms with E-state index in [9.17, 15) is 9.59 Å². The van der Waals surface area contributed by atoms with E-state index in [1.165, 1.54) is 0 Å². The molecule has 1 aromatic rings. The first-order valence-corrected chi connectivity index (χ1v) is 6.71. The molecule has 2 aliphatic rings. The topological polar surface area (TPSA) is 63.6 Å². The van der Waals surface area contributed by atoms with Gasteiger partial charge in [0.25, 0.3) is 0 Å². The summed E-state index contributed by atoms with van der Waals surface area (Å²) in [5.41, 5.74) is 1.99. The highest BCUT2D eigenvalue weighted by molar-refractivity contribution is 5.90. The Morgan fingerprint density at radius 3 is 2.80 bits per heavy atom. The van der Waals surface area contributed by atoms with Crippen LogP contribution in [0.1, 0.15) is 18.9 Å². The summed E-state index contributed by atoms with van der Waals surface area (Å²) in [4.78, 5) is 22.4. The molecule has 0 radical (unpaired) electrons. The molecule has 1 N–H and O–H groups in total. The second kappa shape index (κ2) is 4.56. The smallest absolute Gasteiger partial charge is 0.306 e. The van der Waals surface area contributed by atoms with Crippen LogP contribution in [0.3, 0.4) is 0 Å². The Bertz CT molecular complexity index is 590. The highest BCUT2D eigenvalue weighted by Crippen LogP contribution is 2.64. The summed E-state index contributed by atoms with van der Waals surface area (Å²) in [7, 11) is 0. The van der Waals surface area contributed by atoms with Crippen LogP contribution in [0.4, 0.5) is 0 Å². The molecule has 20 heavy (non-hydrogen) atoms. The minimum absolute atomic E-state index is 0.0523. The molecule has 3 unspecified atom stereocenters. The number of carboxylic acid groups (broad SMARTS) is 1. The van der Waals surface area contributed by atoms with Crippen LogP contribution in [-0.2, 0) is 20.9 Å². The Hall–Kier alpha value is -1.94. The largest absolute Gasteiger partial charge is 0.481 e. The van der Waals surface area contributed by atoms with E-state index >= 15 is 0 Å². The molecule has 0 fully saturated rings. The quantitative estimate of drug-likeness (QED) is 0.637. The minimum atomic E-state index is -0.899. The third-order valence-electron chi connectivity index (χ3n) is 4.37. The van der Waals surface area contributed by atoms with Gasteiger partial charge in [-0.05, 0) is 23.1 Å². The first-order valence-electron chi connectivity index (χ1n) is 6.71. The molecule has 0 aromatic heterocycles. The van der Waals surface area contributed by atoms with Crippen molar-refractivity contribution in [2.45, 2.75) is 25.6 Å². The lowest BCUT2D eigenvalue weighted by Gasteiger charge is -2.20. The van der Waals surface area contributed by atoms with E-state index in [2.05, 4.69) is 0 Å². The molecular formula is C16H16O4. The number of aliphatic carboxylic acids is 1. The molecule has 0 amide bonds. The van der Waals surface area contributed by atoms with Crippen LogP contribution < -0.4 is 0 Å². The van der Waals surface area contributed by atoms with Gasteiger partial charge in [0, 0.05) is 5.92 Å². The van der Waals surface area contributed by atoms with Crippen LogP contribution in [0, 0.1) is 11.8 Å². The lowest BCUT2D eigenvalue weighted by Crippen LogP contribution is -2.25. The number of benzene rings is 1. The molecule has 0 spiro atoms. The summed E-state index contributed by atoms with van der Waals surface area (Å²) in [6, 6.07) is 9.64. The molecule has 3 rings (SSSR count). The van der Waals surface area contributed by atoms with E-state index in [1.807, 2.05) is 30.3 Å². The second-order valence-corrected chi connectivity index (χ2v) is 5.46. The van der Waals surface area contributed by atoms with Crippen molar-refractivity contribution >= 4 is 12.3 Å². The zero-order valence-corrected chi connectivity index (χ0v) is 11.2. The van der Waals surface area contributed by atoms with Gasteiger partial charge in [-0.3, -0.25) is 9.59 Å². The predicted octanol–water partition coefficient (Wildman–Crippen LogP) is 2.19. The normalized spacial score (nSPS) is 28.4. The van der Waals surface area contributed by atoms with Crippen molar-refractivity contribution in [1.29, 1.82) is 0 Å². The highest BCUT2D eigenvalue weighted by Gasteiger charge is 2.65. The highest BCUT2D eigenvalue weighted by atomic mass is 16.5. The number of hydrogen-bond donors (Lipinski definition) is 1. The van der Waals surface area contributed by atoms with Crippen molar-refractivity contribution in [3.63, 3.8) is 0 Å². The fourth-order valence-electron chi connectivity index (χ4n) is 3.01. The number of aldehydes is 1. The van der Waals surface area contributed by atoms with Gasteiger partial charge in [-0.15, -0.1) is 0 Å². The summed E-state index contributed by atoms with van der Waals surface area (Å²) in [6.45, 7) is 2.04. The van der Waals surface area contributed by atoms with E-state index in [1.54, 1.807) is 6.92 Å². The second-order valence-electron chi connectivity index (χ2n) is 5.46. The standard InChI is InChI=1S/C16H16O4/c1-10(15(18)19)12-7-13-14(12)16(13,9-17)20-8-11-5-3-2-4-6-11/h2-6,9-10,12H,7-8H2,1H3,(H,18,19). The molecule has 1 aromatic carbocycles. The Balaban J connectivity index is 1.66. The average Bonchev–Trinajstić information content (AvgIpc) is 2.96. The van der Waals surface area contributed by atoms with Crippen molar-refractivity contribution in [2.75, 3.05) is 0 Å². The maximum Gasteiger partial charge on any atom is 0.306 e. The number of carboxylic acids is 1.